The van der Waals surface area contributed by atoms with Gasteiger partial charge in [-0.05, 0) is 75.4 Å². The van der Waals surface area contributed by atoms with E-state index in [4.69, 9.17) is 0 Å². The van der Waals surface area contributed by atoms with Gasteiger partial charge in [-0.3, -0.25) is 9.59 Å². The van der Waals surface area contributed by atoms with Crippen LogP contribution in [-0.2, 0) is 15.8 Å². The van der Waals surface area contributed by atoms with Crippen LogP contribution in [0.2, 0.25) is 0 Å². The lowest BCUT2D eigenvalue weighted by Gasteiger charge is -2.26. The number of hydrogen-bond donors (Lipinski definition) is 2. The van der Waals surface area contributed by atoms with Crippen molar-refractivity contribution in [3.63, 3.8) is 0 Å². The van der Waals surface area contributed by atoms with Gasteiger partial charge in [0, 0.05) is 11.9 Å². The van der Waals surface area contributed by atoms with Gasteiger partial charge in [-0.1, -0.05) is 12.2 Å². The highest BCUT2D eigenvalue weighted by atomic mass is 32.1. The zero-order chi connectivity index (χ0) is 23.2. The van der Waals surface area contributed by atoms with Crippen LogP contribution < -0.4 is 10.6 Å². The molecular formula is C23H29F3N4O2S. The summed E-state index contributed by atoms with van der Waals surface area (Å²) < 4.78 is 38.6. The summed E-state index contributed by atoms with van der Waals surface area (Å²) in [5.41, 5.74) is -1.04. The van der Waals surface area contributed by atoms with E-state index in [-0.39, 0.29) is 28.3 Å². The first-order chi connectivity index (χ1) is 15.8. The summed E-state index contributed by atoms with van der Waals surface area (Å²) in [6.07, 6.45) is 5.95. The first-order valence-electron chi connectivity index (χ1n) is 11.8. The van der Waals surface area contributed by atoms with Gasteiger partial charge in [0.15, 0.2) is 10.8 Å². The third kappa shape index (κ3) is 4.32. The maximum absolute atomic E-state index is 13.2. The van der Waals surface area contributed by atoms with Crippen molar-refractivity contribution in [1.29, 1.82) is 0 Å². The monoisotopic (exact) mass is 482 g/mol. The molecule has 1 aromatic rings. The van der Waals surface area contributed by atoms with E-state index in [0.29, 0.717) is 6.54 Å². The van der Waals surface area contributed by atoms with Crippen LogP contribution in [0, 0.1) is 29.1 Å². The number of rotatable bonds is 8. The Morgan fingerprint density at radius 1 is 1.09 bits per heavy atom. The summed E-state index contributed by atoms with van der Waals surface area (Å²) in [7, 11) is 0. The fourth-order valence-corrected chi connectivity index (χ4v) is 6.88. The smallest absolute Gasteiger partial charge is 0.356 e. The maximum atomic E-state index is 13.2. The predicted octanol–water partition coefficient (Wildman–Crippen LogP) is 3.92. The van der Waals surface area contributed by atoms with Gasteiger partial charge in [-0.25, -0.2) is 4.98 Å². The lowest BCUT2D eigenvalue weighted by atomic mass is 9.81. The second kappa shape index (κ2) is 8.69. The number of thiazole rings is 1. The summed E-state index contributed by atoms with van der Waals surface area (Å²) in [5.74, 6) is -1.61. The SMILES string of the molecule is O=C(NCCCCN1CCCC1)[C@H]1[C@H](C(=O)Nc2nc(C(F)(F)F)cs2)[C@@H]2C=C[C@H]1C21CC1. The molecule has 180 valence electrons. The molecule has 33 heavy (non-hydrogen) atoms. The number of halogens is 3. The molecule has 1 aromatic heterocycles. The Hall–Kier alpha value is -1.94. The van der Waals surface area contributed by atoms with Crippen molar-refractivity contribution in [3.05, 3.63) is 23.2 Å². The van der Waals surface area contributed by atoms with Crippen molar-refractivity contribution >= 4 is 28.3 Å². The van der Waals surface area contributed by atoms with E-state index in [1.165, 1.54) is 12.8 Å². The van der Waals surface area contributed by atoms with Crippen molar-refractivity contribution in [3.8, 4) is 0 Å². The number of unbranched alkanes of at least 4 members (excludes halogenated alkanes) is 1. The number of likely N-dealkylation sites (tertiary alicyclic amines) is 1. The Kier molecular flexibility index (Phi) is 6.01. The highest BCUT2D eigenvalue weighted by Gasteiger charge is 2.69. The molecule has 2 heterocycles. The van der Waals surface area contributed by atoms with Crippen LogP contribution in [0.1, 0.15) is 44.2 Å². The third-order valence-corrected chi connectivity index (χ3v) is 8.63. The Morgan fingerprint density at radius 3 is 2.36 bits per heavy atom. The molecule has 0 unspecified atom stereocenters. The van der Waals surface area contributed by atoms with E-state index in [0.717, 1.165) is 62.0 Å². The second-order valence-corrected chi connectivity index (χ2v) is 10.7. The zero-order valence-electron chi connectivity index (χ0n) is 18.4. The van der Waals surface area contributed by atoms with E-state index in [2.05, 4.69) is 26.6 Å². The fraction of sp³-hybridized carbons (Fsp3) is 0.696. The van der Waals surface area contributed by atoms with Crippen molar-refractivity contribution in [1.82, 2.24) is 15.2 Å². The highest BCUT2D eigenvalue weighted by Crippen LogP contribution is 2.72. The third-order valence-electron chi connectivity index (χ3n) is 7.87. The molecule has 3 aliphatic carbocycles. The number of amides is 2. The van der Waals surface area contributed by atoms with Gasteiger partial charge in [-0.2, -0.15) is 13.2 Å². The molecule has 4 atom stereocenters. The van der Waals surface area contributed by atoms with Gasteiger partial charge in [0.05, 0.1) is 11.8 Å². The molecule has 6 nitrogen and oxygen atoms in total. The number of nitrogens with zero attached hydrogens (tertiary/aromatic N) is 2. The number of anilines is 1. The molecule has 2 bridgehead atoms. The second-order valence-electron chi connectivity index (χ2n) is 9.79. The number of allylic oxidation sites excluding steroid dienone is 2. The van der Waals surface area contributed by atoms with E-state index >= 15 is 0 Å². The summed E-state index contributed by atoms with van der Waals surface area (Å²) in [4.78, 5) is 32.3. The Balaban J connectivity index is 1.21. The van der Waals surface area contributed by atoms with Gasteiger partial charge in [0.2, 0.25) is 11.8 Å². The summed E-state index contributed by atoms with van der Waals surface area (Å²) in [6, 6.07) is 0. The Bertz CT molecular complexity index is 936. The van der Waals surface area contributed by atoms with Crippen LogP contribution in [0.3, 0.4) is 0 Å². The maximum Gasteiger partial charge on any atom is 0.434 e. The molecule has 1 saturated heterocycles. The predicted molar refractivity (Wildman–Crippen MR) is 118 cm³/mol. The number of carbonyl (C=O) groups excluding carboxylic acids is 2. The molecular weight excluding hydrogens is 453 g/mol. The van der Waals surface area contributed by atoms with Gasteiger partial charge in [0.25, 0.3) is 0 Å². The number of aromatic nitrogens is 1. The van der Waals surface area contributed by atoms with Crippen LogP contribution in [0.25, 0.3) is 0 Å². The highest BCUT2D eigenvalue weighted by molar-refractivity contribution is 7.13. The molecule has 2 amide bonds. The van der Waals surface area contributed by atoms with Crippen LogP contribution in [0.15, 0.2) is 17.5 Å². The van der Waals surface area contributed by atoms with Crippen molar-refractivity contribution in [2.75, 3.05) is 31.5 Å². The van der Waals surface area contributed by atoms with E-state index in [1.807, 2.05) is 6.08 Å². The minimum absolute atomic E-state index is 0.0184. The van der Waals surface area contributed by atoms with E-state index in [9.17, 15) is 22.8 Å². The van der Waals surface area contributed by atoms with Crippen molar-refractivity contribution < 1.29 is 22.8 Å². The van der Waals surface area contributed by atoms with Crippen LogP contribution in [0.5, 0.6) is 0 Å². The Morgan fingerprint density at radius 2 is 1.76 bits per heavy atom. The molecule has 0 radical (unpaired) electrons. The summed E-state index contributed by atoms with van der Waals surface area (Å²) >= 11 is 0.753. The average molecular weight is 483 g/mol. The number of alkyl halides is 3. The van der Waals surface area contributed by atoms with Gasteiger partial charge in [0.1, 0.15) is 0 Å². The van der Waals surface area contributed by atoms with E-state index < -0.39 is 29.6 Å². The zero-order valence-corrected chi connectivity index (χ0v) is 19.2. The first-order valence-corrected chi connectivity index (χ1v) is 12.7. The number of carbonyl (C=O) groups is 2. The van der Waals surface area contributed by atoms with Crippen molar-refractivity contribution in [2.45, 2.75) is 44.7 Å². The molecule has 4 aliphatic rings. The quantitative estimate of drug-likeness (QED) is 0.435. The summed E-state index contributed by atoms with van der Waals surface area (Å²) in [6.45, 7) is 3.94. The molecule has 1 aliphatic heterocycles. The number of nitrogens with one attached hydrogen (secondary N) is 2. The van der Waals surface area contributed by atoms with Crippen LogP contribution in [-0.4, -0.2) is 47.9 Å². The van der Waals surface area contributed by atoms with Gasteiger partial charge >= 0.3 is 6.18 Å². The Labute approximate surface area is 195 Å². The lowest BCUT2D eigenvalue weighted by molar-refractivity contribution is -0.140. The lowest BCUT2D eigenvalue weighted by Crippen LogP contribution is -2.42. The van der Waals surface area contributed by atoms with Crippen molar-refractivity contribution in [2.24, 2.45) is 29.1 Å². The topological polar surface area (TPSA) is 74.3 Å². The summed E-state index contributed by atoms with van der Waals surface area (Å²) in [5, 5.41) is 6.42. The molecule has 1 spiro atoms. The molecule has 5 rings (SSSR count). The normalized spacial score (nSPS) is 29.7. The largest absolute Gasteiger partial charge is 0.434 e. The van der Waals surface area contributed by atoms with Gasteiger partial charge in [-0.15, -0.1) is 11.3 Å². The van der Waals surface area contributed by atoms with Gasteiger partial charge < -0.3 is 15.5 Å². The molecule has 2 N–H and O–H groups in total. The first kappa shape index (κ1) is 22.8. The fourth-order valence-electron chi connectivity index (χ4n) is 6.16. The van der Waals surface area contributed by atoms with Crippen LogP contribution >= 0.6 is 11.3 Å². The average Bonchev–Trinajstić information content (AvgIpc) is 3.11. The van der Waals surface area contributed by atoms with Crippen LogP contribution in [0.4, 0.5) is 18.3 Å². The standard InChI is InChI=1S/C23H29F3N4O2S/c24-23(25,26)16-13-33-21(28-16)29-20(32)18-15-6-5-14(22(15)7-8-22)17(18)19(31)27-9-1-2-10-30-11-3-4-12-30/h5-6,13-15,17-18H,1-4,7-12H2,(H,27,31)(H,28,29,32)/t14-,15+,17-,18-/m1/s1. The molecule has 3 fully saturated rings. The number of hydrogen-bond acceptors (Lipinski definition) is 5. The molecule has 2 saturated carbocycles. The molecule has 0 aromatic carbocycles. The minimum atomic E-state index is -4.55. The van der Waals surface area contributed by atoms with E-state index in [1.54, 1.807) is 0 Å². The minimum Gasteiger partial charge on any atom is -0.356 e. The molecule has 10 heteroatoms.